The lowest BCUT2D eigenvalue weighted by atomic mass is 9.73. The molecule has 0 unspecified atom stereocenters. The monoisotopic (exact) mass is 361 g/mol. The van der Waals surface area contributed by atoms with E-state index in [1.54, 1.807) is 6.26 Å². The molecule has 134 valence electrons. The lowest BCUT2D eigenvalue weighted by Gasteiger charge is -2.37. The summed E-state index contributed by atoms with van der Waals surface area (Å²) in [5.41, 5.74) is 0.404. The fourth-order valence-corrected chi connectivity index (χ4v) is 3.59. The number of nitrogens with one attached hydrogen (secondary N) is 1. The summed E-state index contributed by atoms with van der Waals surface area (Å²) in [6.45, 7) is 3.20. The van der Waals surface area contributed by atoms with Gasteiger partial charge in [-0.25, -0.2) is 0 Å². The molecule has 0 bridgehead atoms. The number of furan rings is 1. The molecule has 2 heterocycles. The number of ether oxygens (including phenoxy) is 1. The Balaban J connectivity index is 1.71. The summed E-state index contributed by atoms with van der Waals surface area (Å²) >= 11 is 6.17. The van der Waals surface area contributed by atoms with Crippen molar-refractivity contribution in [2.75, 3.05) is 13.2 Å². The fourth-order valence-electron chi connectivity index (χ4n) is 3.40. The molecule has 1 aromatic heterocycles. The van der Waals surface area contributed by atoms with Gasteiger partial charge >= 0.3 is 0 Å². The molecular weight excluding hydrogens is 338 g/mol. The number of amides is 1. The Morgan fingerprint density at radius 3 is 2.76 bits per heavy atom. The number of carbonyl (C=O) groups is 1. The summed E-state index contributed by atoms with van der Waals surface area (Å²) in [7, 11) is 0. The van der Waals surface area contributed by atoms with E-state index in [9.17, 15) is 4.79 Å². The first-order valence-corrected chi connectivity index (χ1v) is 9.15. The Hall–Kier alpha value is -1.78. The maximum Gasteiger partial charge on any atom is 0.231 e. The third-order valence-electron chi connectivity index (χ3n) is 4.94. The van der Waals surface area contributed by atoms with Gasteiger partial charge in [0.15, 0.2) is 0 Å². The van der Waals surface area contributed by atoms with Crippen LogP contribution in [-0.4, -0.2) is 25.2 Å². The van der Waals surface area contributed by atoms with Gasteiger partial charge in [-0.2, -0.15) is 0 Å². The minimum atomic E-state index is -0.567. The molecular formula is C20H24ClNO3. The zero-order valence-corrected chi connectivity index (χ0v) is 15.2. The van der Waals surface area contributed by atoms with Crippen molar-refractivity contribution in [2.45, 2.75) is 44.1 Å². The minimum absolute atomic E-state index is 0.0602. The molecule has 25 heavy (non-hydrogen) atoms. The average Bonchev–Trinajstić information content (AvgIpc) is 3.14. The Labute approximate surface area is 153 Å². The fraction of sp³-hybridized carbons (Fsp3) is 0.450. The van der Waals surface area contributed by atoms with Crippen LogP contribution in [0.25, 0.3) is 0 Å². The van der Waals surface area contributed by atoms with Crippen molar-refractivity contribution >= 4 is 17.5 Å². The SMILES string of the molecule is C[C@H](CCc1ccco1)NC(=O)C1(c2cccc(Cl)c2)CCOCC1. The first kappa shape index (κ1) is 18.0. The Morgan fingerprint density at radius 1 is 1.28 bits per heavy atom. The molecule has 4 nitrogen and oxygen atoms in total. The highest BCUT2D eigenvalue weighted by Gasteiger charge is 2.42. The summed E-state index contributed by atoms with van der Waals surface area (Å²) in [5.74, 6) is 1.00. The van der Waals surface area contributed by atoms with Gasteiger partial charge in [0.25, 0.3) is 0 Å². The molecule has 0 radical (unpaired) electrons. The van der Waals surface area contributed by atoms with Crippen LogP contribution in [-0.2, 0) is 21.4 Å². The highest BCUT2D eigenvalue weighted by Crippen LogP contribution is 2.36. The van der Waals surface area contributed by atoms with Gasteiger partial charge in [0.1, 0.15) is 5.76 Å². The van der Waals surface area contributed by atoms with Crippen molar-refractivity contribution in [1.29, 1.82) is 0 Å². The molecule has 2 aromatic rings. The minimum Gasteiger partial charge on any atom is -0.469 e. The van der Waals surface area contributed by atoms with E-state index >= 15 is 0 Å². The number of carbonyl (C=O) groups excluding carboxylic acids is 1. The van der Waals surface area contributed by atoms with E-state index in [0.29, 0.717) is 31.1 Å². The van der Waals surface area contributed by atoms with Gasteiger partial charge in [0, 0.05) is 30.7 Å². The number of rotatable bonds is 6. The van der Waals surface area contributed by atoms with Crippen LogP contribution < -0.4 is 5.32 Å². The van der Waals surface area contributed by atoms with Crippen molar-refractivity contribution in [3.05, 3.63) is 59.0 Å². The van der Waals surface area contributed by atoms with E-state index in [-0.39, 0.29) is 11.9 Å². The molecule has 1 N–H and O–H groups in total. The second kappa shape index (κ2) is 8.07. The molecule has 3 rings (SSSR count). The molecule has 1 saturated heterocycles. The largest absolute Gasteiger partial charge is 0.469 e. The van der Waals surface area contributed by atoms with Crippen molar-refractivity contribution < 1.29 is 13.9 Å². The first-order valence-electron chi connectivity index (χ1n) is 8.77. The predicted molar refractivity (Wildman–Crippen MR) is 97.8 cm³/mol. The summed E-state index contributed by atoms with van der Waals surface area (Å²) in [4.78, 5) is 13.2. The quantitative estimate of drug-likeness (QED) is 0.842. The molecule has 0 saturated carbocycles. The van der Waals surface area contributed by atoms with Crippen molar-refractivity contribution in [2.24, 2.45) is 0 Å². The normalized spacial score (nSPS) is 17.8. The van der Waals surface area contributed by atoms with Gasteiger partial charge in [0.2, 0.25) is 5.91 Å². The summed E-state index contributed by atoms with van der Waals surface area (Å²) in [6.07, 6.45) is 4.66. The number of hydrogen-bond acceptors (Lipinski definition) is 3. The van der Waals surface area contributed by atoms with Gasteiger partial charge in [-0.1, -0.05) is 23.7 Å². The van der Waals surface area contributed by atoms with Crippen molar-refractivity contribution in [3.8, 4) is 0 Å². The van der Waals surface area contributed by atoms with Gasteiger partial charge in [-0.05, 0) is 56.0 Å². The maximum atomic E-state index is 13.2. The van der Waals surface area contributed by atoms with Crippen LogP contribution in [0.1, 0.15) is 37.5 Å². The number of hydrogen-bond donors (Lipinski definition) is 1. The molecule has 1 aliphatic rings. The van der Waals surface area contributed by atoms with Crippen molar-refractivity contribution in [3.63, 3.8) is 0 Å². The molecule has 1 aliphatic heterocycles. The predicted octanol–water partition coefficient (Wildman–Crippen LogP) is 4.12. The van der Waals surface area contributed by atoms with Crippen LogP contribution in [0.2, 0.25) is 5.02 Å². The van der Waals surface area contributed by atoms with Gasteiger partial charge in [-0.15, -0.1) is 0 Å². The molecule has 1 aromatic carbocycles. The molecule has 0 spiro atoms. The molecule has 0 aliphatic carbocycles. The third-order valence-corrected chi connectivity index (χ3v) is 5.17. The Bertz CT molecular complexity index is 693. The number of benzene rings is 1. The number of halogens is 1. The lowest BCUT2D eigenvalue weighted by molar-refractivity contribution is -0.131. The average molecular weight is 362 g/mol. The van der Waals surface area contributed by atoms with E-state index < -0.39 is 5.41 Å². The van der Waals surface area contributed by atoms with Crippen LogP contribution in [0.4, 0.5) is 0 Å². The zero-order valence-electron chi connectivity index (χ0n) is 14.5. The summed E-state index contributed by atoms with van der Waals surface area (Å²) < 4.78 is 10.9. The van der Waals surface area contributed by atoms with Crippen LogP contribution in [0.15, 0.2) is 47.1 Å². The second-order valence-electron chi connectivity index (χ2n) is 6.70. The van der Waals surface area contributed by atoms with Crippen molar-refractivity contribution in [1.82, 2.24) is 5.32 Å². The van der Waals surface area contributed by atoms with E-state index in [1.165, 1.54) is 0 Å². The van der Waals surface area contributed by atoms with Crippen LogP contribution >= 0.6 is 11.6 Å². The maximum absolute atomic E-state index is 13.2. The zero-order chi connectivity index (χ0) is 17.7. The third kappa shape index (κ3) is 4.25. The molecule has 1 atom stereocenters. The van der Waals surface area contributed by atoms with E-state index in [0.717, 1.165) is 24.2 Å². The standard InChI is InChI=1S/C20H24ClNO3/c1-15(7-8-18-6-3-11-25-18)22-19(23)20(9-12-24-13-10-20)16-4-2-5-17(21)14-16/h2-6,11,14-15H,7-10,12-13H2,1H3,(H,22,23)/t15-/m1/s1. The van der Waals surface area contributed by atoms with Gasteiger partial charge in [-0.3, -0.25) is 4.79 Å². The Morgan fingerprint density at radius 2 is 2.08 bits per heavy atom. The van der Waals surface area contributed by atoms with E-state index in [2.05, 4.69) is 5.32 Å². The Kier molecular flexibility index (Phi) is 5.82. The molecule has 1 amide bonds. The lowest BCUT2D eigenvalue weighted by Crippen LogP contribution is -2.50. The van der Waals surface area contributed by atoms with Gasteiger partial charge in [0.05, 0.1) is 11.7 Å². The number of aryl methyl sites for hydroxylation is 1. The summed E-state index contributed by atoms with van der Waals surface area (Å²) in [6, 6.07) is 11.5. The highest BCUT2D eigenvalue weighted by atomic mass is 35.5. The van der Waals surface area contributed by atoms with E-state index in [1.807, 2.05) is 43.3 Å². The summed E-state index contributed by atoms with van der Waals surface area (Å²) in [5, 5.41) is 3.85. The first-order chi connectivity index (χ1) is 12.1. The van der Waals surface area contributed by atoms with Gasteiger partial charge < -0.3 is 14.5 Å². The van der Waals surface area contributed by atoms with Crippen LogP contribution in [0.3, 0.4) is 0 Å². The highest BCUT2D eigenvalue weighted by molar-refractivity contribution is 6.30. The van der Waals surface area contributed by atoms with Crippen LogP contribution in [0.5, 0.6) is 0 Å². The molecule has 1 fully saturated rings. The second-order valence-corrected chi connectivity index (χ2v) is 7.13. The molecule has 5 heteroatoms. The van der Waals surface area contributed by atoms with Crippen LogP contribution in [0, 0.1) is 0 Å². The smallest absolute Gasteiger partial charge is 0.231 e. The topological polar surface area (TPSA) is 51.5 Å². The van der Waals surface area contributed by atoms with E-state index in [4.69, 9.17) is 20.8 Å².